The average molecular weight is 889 g/mol. The van der Waals surface area contributed by atoms with E-state index in [0.717, 1.165) is 37.3 Å². The lowest BCUT2D eigenvalue weighted by Gasteiger charge is -2.75. The maximum absolute atomic E-state index is 13.8. The van der Waals surface area contributed by atoms with Gasteiger partial charge >= 0.3 is 11.9 Å². The van der Waals surface area contributed by atoms with Crippen LogP contribution in [0.4, 0.5) is 0 Å². The van der Waals surface area contributed by atoms with Crippen molar-refractivity contribution >= 4 is 21.8 Å². The number of aliphatic carboxylic acids is 1. The van der Waals surface area contributed by atoms with E-state index in [2.05, 4.69) is 65.6 Å². The second-order valence-corrected chi connectivity index (χ2v) is 28.1. The molecule has 2 N–H and O–H groups in total. The van der Waals surface area contributed by atoms with Crippen LogP contribution in [0.15, 0.2) is 30.3 Å². The molecule has 9 rings (SSSR count). The van der Waals surface area contributed by atoms with Crippen molar-refractivity contribution in [1.29, 1.82) is 0 Å². The van der Waals surface area contributed by atoms with E-state index >= 15 is 0 Å². The number of hydrogen-bond acceptors (Lipinski definition) is 7. The standard InChI is InChI=1S/C54H84N2O6S/c1-35(2)40(56-28-30-63(60,61)31-29-56)33-55-53-23-18-37(49(7)24-25-49)44(53)38-16-17-43-50(8)21-19-42(47(3,4)41(50)20-22-52(43,10)51(38,9)26-27-53)54(46(58)59)32-39(48(54,5)6)45(57)62-34-36-14-12-11-13-15-36/h11-15,35,37-44,55H,16-34H2,1-10H3,(H,58,59)/t37-,38-,39+,40-,41-,42+,43-,44-,50-,51-,52-,53+,54-/m1/s1. The number of esters is 1. The van der Waals surface area contributed by atoms with Crippen molar-refractivity contribution in [3.63, 3.8) is 0 Å². The highest BCUT2D eigenvalue weighted by Gasteiger charge is 2.77. The van der Waals surface area contributed by atoms with E-state index in [0.29, 0.717) is 60.6 Å². The van der Waals surface area contributed by atoms with E-state index in [1.165, 1.54) is 57.8 Å². The van der Waals surface area contributed by atoms with E-state index in [-0.39, 0.29) is 57.2 Å². The monoisotopic (exact) mass is 889 g/mol. The fraction of sp³-hybridized carbons (Fsp3) is 0.852. The smallest absolute Gasteiger partial charge is 0.310 e. The van der Waals surface area contributed by atoms with Crippen LogP contribution in [-0.4, -0.2) is 73.1 Å². The zero-order chi connectivity index (χ0) is 45.4. The van der Waals surface area contributed by atoms with Crippen LogP contribution in [0.3, 0.4) is 0 Å². The largest absolute Gasteiger partial charge is 0.481 e. The third kappa shape index (κ3) is 6.75. The number of carbonyl (C=O) groups is 2. The first-order valence-corrected chi connectivity index (χ1v) is 27.4. The molecule has 1 heterocycles. The molecular formula is C54H84N2O6S. The van der Waals surface area contributed by atoms with Crippen LogP contribution in [0.2, 0.25) is 0 Å². The Labute approximate surface area is 381 Å². The van der Waals surface area contributed by atoms with Crippen LogP contribution in [-0.2, 0) is 30.8 Å². The third-order valence-corrected chi connectivity index (χ3v) is 24.3. The fourth-order valence-electron chi connectivity index (χ4n) is 18.6. The topological polar surface area (TPSA) is 113 Å². The summed E-state index contributed by atoms with van der Waals surface area (Å²) in [4.78, 5) is 30.0. The molecule has 1 saturated heterocycles. The van der Waals surface area contributed by atoms with Crippen LogP contribution >= 0.6 is 0 Å². The van der Waals surface area contributed by atoms with Crippen LogP contribution in [0.1, 0.15) is 158 Å². The summed E-state index contributed by atoms with van der Waals surface area (Å²) in [5.41, 5.74) is 0.222. The number of nitrogens with one attached hydrogen (secondary N) is 1. The minimum absolute atomic E-state index is 0.0195. The maximum atomic E-state index is 13.8. The molecule has 13 atom stereocenters. The molecule has 63 heavy (non-hydrogen) atoms. The second kappa shape index (κ2) is 15.3. The number of nitrogens with zero attached hydrogens (tertiary/aromatic N) is 1. The Morgan fingerprint density at radius 2 is 1.44 bits per heavy atom. The minimum Gasteiger partial charge on any atom is -0.481 e. The van der Waals surface area contributed by atoms with E-state index in [1.807, 2.05) is 44.2 Å². The molecule has 0 aromatic heterocycles. The van der Waals surface area contributed by atoms with Crippen molar-refractivity contribution in [2.24, 2.45) is 85.2 Å². The summed E-state index contributed by atoms with van der Waals surface area (Å²) in [7, 11) is -2.93. The van der Waals surface area contributed by atoms with Gasteiger partial charge in [0.25, 0.3) is 0 Å². The number of carboxylic acid groups (broad SMARTS) is 1. The van der Waals surface area contributed by atoms with Crippen molar-refractivity contribution in [2.45, 2.75) is 171 Å². The van der Waals surface area contributed by atoms with Gasteiger partial charge in [0.15, 0.2) is 9.84 Å². The lowest BCUT2D eigenvalue weighted by atomic mass is 9.29. The van der Waals surface area contributed by atoms with Gasteiger partial charge in [-0.2, -0.15) is 0 Å². The molecule has 0 amide bonds. The molecular weight excluding hydrogens is 805 g/mol. The predicted octanol–water partition coefficient (Wildman–Crippen LogP) is 10.4. The first-order chi connectivity index (χ1) is 29.4. The molecule has 7 saturated carbocycles. The zero-order valence-electron chi connectivity index (χ0n) is 40.9. The van der Waals surface area contributed by atoms with Gasteiger partial charge in [0.05, 0.1) is 22.8 Å². The molecule has 9 heteroatoms. The lowest BCUT2D eigenvalue weighted by Crippen LogP contribution is -2.72. The molecule has 1 aromatic carbocycles. The molecule has 7 aliphatic carbocycles. The second-order valence-electron chi connectivity index (χ2n) is 25.8. The van der Waals surface area contributed by atoms with Gasteiger partial charge in [-0.3, -0.25) is 14.5 Å². The highest BCUT2D eigenvalue weighted by atomic mass is 32.2. The van der Waals surface area contributed by atoms with Crippen LogP contribution < -0.4 is 5.32 Å². The predicted molar refractivity (Wildman–Crippen MR) is 250 cm³/mol. The third-order valence-electron chi connectivity index (χ3n) is 22.7. The van der Waals surface area contributed by atoms with Crippen LogP contribution in [0.5, 0.6) is 0 Å². The molecule has 0 unspecified atom stereocenters. The van der Waals surface area contributed by atoms with E-state index in [9.17, 15) is 23.1 Å². The number of carboxylic acids is 1. The van der Waals surface area contributed by atoms with E-state index < -0.39 is 32.6 Å². The molecule has 0 spiro atoms. The van der Waals surface area contributed by atoms with Gasteiger partial charge in [-0.05, 0) is 163 Å². The highest BCUT2D eigenvalue weighted by Crippen LogP contribution is 2.80. The molecule has 0 bridgehead atoms. The summed E-state index contributed by atoms with van der Waals surface area (Å²) >= 11 is 0. The van der Waals surface area contributed by atoms with Crippen LogP contribution in [0, 0.1) is 85.2 Å². The average Bonchev–Trinajstić information content (AvgIpc) is 3.84. The first kappa shape index (κ1) is 46.2. The number of fused-ring (bicyclic) bond motifs is 7. The summed E-state index contributed by atoms with van der Waals surface area (Å²) in [5.74, 6) is 2.69. The van der Waals surface area contributed by atoms with Crippen LogP contribution in [0.25, 0.3) is 0 Å². The maximum Gasteiger partial charge on any atom is 0.310 e. The molecule has 1 aromatic rings. The zero-order valence-corrected chi connectivity index (χ0v) is 41.7. The molecule has 1 aliphatic heterocycles. The Bertz CT molecular complexity index is 2030. The number of ether oxygens (including phenoxy) is 1. The Balaban J connectivity index is 0.959. The molecule has 8 aliphatic rings. The normalized spacial score (nSPS) is 44.8. The summed E-state index contributed by atoms with van der Waals surface area (Å²) < 4.78 is 30.7. The van der Waals surface area contributed by atoms with Gasteiger partial charge < -0.3 is 15.2 Å². The highest BCUT2D eigenvalue weighted by molar-refractivity contribution is 7.91. The van der Waals surface area contributed by atoms with Crippen molar-refractivity contribution in [3.8, 4) is 0 Å². The van der Waals surface area contributed by atoms with E-state index in [4.69, 9.17) is 4.74 Å². The van der Waals surface area contributed by atoms with Crippen molar-refractivity contribution < 1.29 is 27.9 Å². The number of hydrogen-bond donors (Lipinski definition) is 2. The Morgan fingerprint density at radius 1 is 0.778 bits per heavy atom. The van der Waals surface area contributed by atoms with E-state index in [1.54, 1.807) is 0 Å². The summed E-state index contributed by atoms with van der Waals surface area (Å²) in [5, 5.41) is 15.8. The Morgan fingerprint density at radius 3 is 2.06 bits per heavy atom. The number of sulfone groups is 1. The van der Waals surface area contributed by atoms with Gasteiger partial charge in [-0.25, -0.2) is 8.42 Å². The SMILES string of the molecule is CC(C)[C@@H](CN[C@]12CC[C@@H](C3(C)CC3)[C@@H]1[C@H]1CC[C@@H]3[C@]4(C)CC[C@H]([C@@]5(C(=O)O)C[C@@H](C(=O)OCc6ccccc6)C5(C)C)C(C)(C)[C@H]4CC[C@@]3(C)[C@]1(C)CC2)N1CCS(=O)(=O)CC1. The van der Waals surface area contributed by atoms with Gasteiger partial charge in [-0.1, -0.05) is 99.6 Å². The molecule has 8 fully saturated rings. The number of rotatable bonds is 11. The summed E-state index contributed by atoms with van der Waals surface area (Å²) in [6.45, 7) is 26.8. The van der Waals surface area contributed by atoms with Gasteiger partial charge in [0, 0.05) is 31.2 Å². The molecule has 0 radical (unpaired) electrons. The summed E-state index contributed by atoms with van der Waals surface area (Å²) in [6, 6.07) is 10.1. The van der Waals surface area contributed by atoms with Crippen molar-refractivity contribution in [3.05, 3.63) is 35.9 Å². The van der Waals surface area contributed by atoms with Gasteiger partial charge in [0.2, 0.25) is 0 Å². The van der Waals surface area contributed by atoms with Gasteiger partial charge in [0.1, 0.15) is 6.61 Å². The van der Waals surface area contributed by atoms with Crippen molar-refractivity contribution in [2.75, 3.05) is 31.1 Å². The van der Waals surface area contributed by atoms with Gasteiger partial charge in [-0.15, -0.1) is 0 Å². The Kier molecular flexibility index (Phi) is 11.2. The first-order valence-electron chi connectivity index (χ1n) is 25.6. The quantitative estimate of drug-likeness (QED) is 0.211. The minimum atomic E-state index is -2.93. The van der Waals surface area contributed by atoms with Crippen molar-refractivity contribution in [1.82, 2.24) is 10.2 Å². The fourth-order valence-corrected chi connectivity index (χ4v) is 19.8. The summed E-state index contributed by atoms with van der Waals surface area (Å²) in [6.07, 6.45) is 15.1. The number of carbonyl (C=O) groups excluding carboxylic acids is 1. The lowest BCUT2D eigenvalue weighted by molar-refractivity contribution is -0.268. The molecule has 8 nitrogen and oxygen atoms in total. The Hall–Kier alpha value is -1.97. The molecule has 352 valence electrons. The number of benzene rings is 1.